The van der Waals surface area contributed by atoms with Crippen LogP contribution in [0.25, 0.3) is 0 Å². The first kappa shape index (κ1) is 20.5. The van der Waals surface area contributed by atoms with E-state index in [0.29, 0.717) is 0 Å². The summed E-state index contributed by atoms with van der Waals surface area (Å²) in [7, 11) is 1.81. The van der Waals surface area contributed by atoms with E-state index < -0.39 is 0 Å². The van der Waals surface area contributed by atoms with Gasteiger partial charge in [0.05, 0.1) is 6.61 Å². The van der Waals surface area contributed by atoms with Crippen LogP contribution in [-0.4, -0.2) is 19.6 Å². The van der Waals surface area contributed by atoms with Crippen LogP contribution in [0.4, 0.5) is 0 Å². The van der Waals surface area contributed by atoms with Gasteiger partial charge in [0.15, 0.2) is 0 Å². The highest BCUT2D eigenvalue weighted by atomic mass is 16.5. The van der Waals surface area contributed by atoms with Crippen molar-refractivity contribution in [3.8, 4) is 0 Å². The molecule has 0 N–H and O–H groups in total. The highest BCUT2D eigenvalue weighted by Crippen LogP contribution is 2.32. The molecule has 114 valence electrons. The Morgan fingerprint density at radius 1 is 1.16 bits per heavy atom. The number of hydrogen-bond acceptors (Lipinski definition) is 2. The second-order valence-corrected chi connectivity index (χ2v) is 4.10. The zero-order valence-electron chi connectivity index (χ0n) is 14.3. The lowest BCUT2D eigenvalue weighted by Crippen LogP contribution is -2.09. The minimum Gasteiger partial charge on any atom is -0.478 e. The molecule has 1 aliphatic carbocycles. The van der Waals surface area contributed by atoms with Crippen LogP contribution in [0.2, 0.25) is 0 Å². The molecule has 0 amide bonds. The fraction of sp³-hybridized carbons (Fsp3) is 0.824. The van der Waals surface area contributed by atoms with Crippen LogP contribution in [0.15, 0.2) is 16.6 Å². The van der Waals surface area contributed by atoms with E-state index in [1.165, 1.54) is 24.8 Å². The zero-order chi connectivity index (χ0) is 15.1. The van der Waals surface area contributed by atoms with E-state index in [1.807, 2.05) is 34.7 Å². The van der Waals surface area contributed by atoms with Crippen LogP contribution in [0, 0.1) is 5.92 Å². The third-order valence-corrected chi connectivity index (χ3v) is 2.77. The molecule has 0 aliphatic heterocycles. The van der Waals surface area contributed by atoms with Gasteiger partial charge in [0.2, 0.25) is 5.90 Å². The molecule has 0 aromatic rings. The maximum absolute atomic E-state index is 5.73. The van der Waals surface area contributed by atoms with Gasteiger partial charge in [0.25, 0.3) is 0 Å². The molecule has 1 saturated carbocycles. The SMILES string of the molecule is CC.CC.CC/C=C(/CC)C(=NC)OCCC1CC1. The van der Waals surface area contributed by atoms with E-state index in [0.717, 1.165) is 31.3 Å². The molecule has 2 heteroatoms. The number of hydrogen-bond donors (Lipinski definition) is 0. The molecule has 2 nitrogen and oxygen atoms in total. The van der Waals surface area contributed by atoms with Gasteiger partial charge in [-0.2, -0.15) is 0 Å². The molecule has 1 aliphatic rings. The molecule has 19 heavy (non-hydrogen) atoms. The molecule has 0 atom stereocenters. The molecule has 0 bridgehead atoms. The normalized spacial score (nSPS) is 14.9. The minimum absolute atomic E-state index is 0.832. The molecular formula is C17H35NO. The highest BCUT2D eigenvalue weighted by molar-refractivity contribution is 5.93. The van der Waals surface area contributed by atoms with Crippen molar-refractivity contribution in [1.82, 2.24) is 0 Å². The summed E-state index contributed by atoms with van der Waals surface area (Å²) in [5, 5.41) is 0. The average molecular weight is 269 g/mol. The van der Waals surface area contributed by atoms with Crippen molar-refractivity contribution in [2.24, 2.45) is 10.9 Å². The first-order valence-electron chi connectivity index (χ1n) is 8.10. The van der Waals surface area contributed by atoms with Crippen molar-refractivity contribution in [3.05, 3.63) is 11.6 Å². The summed E-state index contributed by atoms with van der Waals surface area (Å²) in [6.45, 7) is 13.1. The Morgan fingerprint density at radius 2 is 1.74 bits per heavy atom. The van der Waals surface area contributed by atoms with E-state index >= 15 is 0 Å². The van der Waals surface area contributed by atoms with Gasteiger partial charge in [-0.25, -0.2) is 0 Å². The Labute approximate surface area is 121 Å². The van der Waals surface area contributed by atoms with Gasteiger partial charge in [-0.3, -0.25) is 4.99 Å². The van der Waals surface area contributed by atoms with Gasteiger partial charge in [0, 0.05) is 12.6 Å². The van der Waals surface area contributed by atoms with Crippen LogP contribution >= 0.6 is 0 Å². The Kier molecular flexibility index (Phi) is 16.5. The number of rotatable bonds is 6. The van der Waals surface area contributed by atoms with Crippen LogP contribution in [0.3, 0.4) is 0 Å². The summed E-state index contributed by atoms with van der Waals surface area (Å²) in [6.07, 6.45) is 8.25. The summed E-state index contributed by atoms with van der Waals surface area (Å²) < 4.78 is 5.73. The van der Waals surface area contributed by atoms with Gasteiger partial charge in [0.1, 0.15) is 0 Å². The molecular weight excluding hydrogens is 234 g/mol. The van der Waals surface area contributed by atoms with Crippen molar-refractivity contribution in [2.45, 2.75) is 73.6 Å². The Balaban J connectivity index is 0. The lowest BCUT2D eigenvalue weighted by molar-refractivity contribution is 0.289. The summed E-state index contributed by atoms with van der Waals surface area (Å²) in [4.78, 5) is 4.22. The van der Waals surface area contributed by atoms with E-state index in [2.05, 4.69) is 24.9 Å². The van der Waals surface area contributed by atoms with E-state index in [9.17, 15) is 0 Å². The molecule has 0 radical (unpaired) electrons. The van der Waals surface area contributed by atoms with Crippen molar-refractivity contribution < 1.29 is 4.74 Å². The van der Waals surface area contributed by atoms with E-state index in [-0.39, 0.29) is 0 Å². The lowest BCUT2D eigenvalue weighted by atomic mass is 10.1. The van der Waals surface area contributed by atoms with Gasteiger partial charge in [-0.15, -0.1) is 0 Å². The Morgan fingerprint density at radius 3 is 2.11 bits per heavy atom. The van der Waals surface area contributed by atoms with Gasteiger partial charge < -0.3 is 4.74 Å². The fourth-order valence-electron chi connectivity index (χ4n) is 1.66. The molecule has 1 rings (SSSR count). The van der Waals surface area contributed by atoms with Crippen molar-refractivity contribution >= 4 is 5.90 Å². The fourth-order valence-corrected chi connectivity index (χ4v) is 1.66. The summed E-state index contributed by atoms with van der Waals surface area (Å²) in [5.41, 5.74) is 1.25. The monoisotopic (exact) mass is 269 g/mol. The first-order chi connectivity index (χ1) is 9.31. The smallest absolute Gasteiger partial charge is 0.211 e. The van der Waals surface area contributed by atoms with Crippen LogP contribution in [0.5, 0.6) is 0 Å². The standard InChI is InChI=1S/C13H23NO.2C2H6/c1-4-6-12(5-2)13(14-3)15-10-9-11-7-8-11;2*1-2/h6,11H,4-5,7-10H2,1-3H3;2*1-2H3/b12-6-,14-13?;;. The quantitative estimate of drug-likeness (QED) is 0.452. The predicted molar refractivity (Wildman–Crippen MR) is 88.0 cm³/mol. The van der Waals surface area contributed by atoms with Crippen molar-refractivity contribution in [2.75, 3.05) is 13.7 Å². The third kappa shape index (κ3) is 10.8. The number of nitrogens with zero attached hydrogens (tertiary/aromatic N) is 1. The van der Waals surface area contributed by atoms with Crippen LogP contribution < -0.4 is 0 Å². The molecule has 0 saturated heterocycles. The summed E-state index contributed by atoms with van der Waals surface area (Å²) in [5.74, 6) is 1.78. The number of allylic oxidation sites excluding steroid dienone is 1. The molecule has 0 unspecified atom stereocenters. The van der Waals surface area contributed by atoms with Crippen molar-refractivity contribution in [3.63, 3.8) is 0 Å². The van der Waals surface area contributed by atoms with Crippen LogP contribution in [-0.2, 0) is 4.74 Å². The number of ether oxygens (including phenoxy) is 1. The predicted octanol–water partition coefficient (Wildman–Crippen LogP) is 5.63. The molecule has 0 aromatic heterocycles. The minimum atomic E-state index is 0.832. The zero-order valence-corrected chi connectivity index (χ0v) is 14.3. The van der Waals surface area contributed by atoms with Gasteiger partial charge >= 0.3 is 0 Å². The van der Waals surface area contributed by atoms with Gasteiger partial charge in [-0.1, -0.05) is 60.5 Å². The first-order valence-corrected chi connectivity index (χ1v) is 8.10. The average Bonchev–Trinajstić information content (AvgIpc) is 3.30. The largest absolute Gasteiger partial charge is 0.478 e. The second kappa shape index (κ2) is 15.3. The molecule has 0 aromatic carbocycles. The van der Waals surface area contributed by atoms with Crippen molar-refractivity contribution in [1.29, 1.82) is 0 Å². The van der Waals surface area contributed by atoms with E-state index in [4.69, 9.17) is 4.74 Å². The lowest BCUT2D eigenvalue weighted by Gasteiger charge is -2.10. The maximum Gasteiger partial charge on any atom is 0.211 e. The topological polar surface area (TPSA) is 21.6 Å². The van der Waals surface area contributed by atoms with E-state index in [1.54, 1.807) is 0 Å². The molecule has 0 spiro atoms. The molecule has 1 fully saturated rings. The third-order valence-electron chi connectivity index (χ3n) is 2.77. The Hall–Kier alpha value is -0.790. The maximum atomic E-state index is 5.73. The molecule has 0 heterocycles. The summed E-state index contributed by atoms with van der Waals surface area (Å²) in [6, 6.07) is 0. The highest BCUT2D eigenvalue weighted by Gasteiger charge is 2.21. The van der Waals surface area contributed by atoms with Crippen LogP contribution in [0.1, 0.15) is 73.6 Å². The van der Waals surface area contributed by atoms with Gasteiger partial charge in [-0.05, 0) is 25.2 Å². The summed E-state index contributed by atoms with van der Waals surface area (Å²) >= 11 is 0. The number of aliphatic imine (C=N–C) groups is 1. The Bertz CT molecular complexity index is 240. The second-order valence-electron chi connectivity index (χ2n) is 4.10.